The van der Waals surface area contributed by atoms with E-state index in [9.17, 15) is 4.79 Å². The van der Waals surface area contributed by atoms with E-state index in [0.29, 0.717) is 17.0 Å². The molecule has 3 aromatic rings. The van der Waals surface area contributed by atoms with Crippen LogP contribution in [-0.4, -0.2) is 32.5 Å². The highest BCUT2D eigenvalue weighted by Gasteiger charge is 2.20. The van der Waals surface area contributed by atoms with E-state index in [0.717, 1.165) is 17.8 Å². The predicted octanol–water partition coefficient (Wildman–Crippen LogP) is 2.83. The summed E-state index contributed by atoms with van der Waals surface area (Å²) in [5.41, 5.74) is 1.79. The molecule has 2 aromatic heterocycles. The van der Waals surface area contributed by atoms with Crippen LogP contribution in [0.4, 0.5) is 0 Å². The van der Waals surface area contributed by atoms with E-state index in [1.54, 1.807) is 36.0 Å². The molecule has 0 aliphatic rings. The molecule has 0 fully saturated rings. The third-order valence-corrected chi connectivity index (χ3v) is 4.49. The number of aromatic nitrogens is 3. The SMILES string of the molecule is CSCCC(NC(=O)c1ccc(C#N)cc1)c1nnc2ccccn12. The molecular weight excluding hydrogens is 334 g/mol. The molecule has 0 aliphatic heterocycles. The molecule has 0 aliphatic carbocycles. The number of carbonyl (C=O) groups excluding carboxylic acids is 1. The highest BCUT2D eigenvalue weighted by atomic mass is 32.2. The van der Waals surface area contributed by atoms with Gasteiger partial charge in [-0.3, -0.25) is 9.20 Å². The molecule has 1 N–H and O–H groups in total. The van der Waals surface area contributed by atoms with Gasteiger partial charge in [-0.05, 0) is 54.8 Å². The minimum Gasteiger partial charge on any atom is -0.342 e. The molecule has 1 unspecified atom stereocenters. The second kappa shape index (κ2) is 7.81. The van der Waals surface area contributed by atoms with Crippen molar-refractivity contribution in [3.8, 4) is 6.07 Å². The molecule has 0 saturated heterocycles. The number of amides is 1. The minimum absolute atomic E-state index is 0.191. The van der Waals surface area contributed by atoms with Crippen molar-refractivity contribution in [1.29, 1.82) is 5.26 Å². The van der Waals surface area contributed by atoms with E-state index >= 15 is 0 Å². The summed E-state index contributed by atoms with van der Waals surface area (Å²) in [6, 6.07) is 14.1. The van der Waals surface area contributed by atoms with Gasteiger partial charge in [-0.15, -0.1) is 10.2 Å². The molecule has 1 aromatic carbocycles. The Labute approximate surface area is 149 Å². The van der Waals surface area contributed by atoms with Crippen molar-refractivity contribution >= 4 is 23.3 Å². The summed E-state index contributed by atoms with van der Waals surface area (Å²) in [6.07, 6.45) is 4.67. The van der Waals surface area contributed by atoms with Crippen molar-refractivity contribution in [2.24, 2.45) is 0 Å². The molecule has 0 radical (unpaired) electrons. The van der Waals surface area contributed by atoms with Gasteiger partial charge in [0.05, 0.1) is 17.7 Å². The Kier molecular flexibility index (Phi) is 5.31. The number of nitrogens with one attached hydrogen (secondary N) is 1. The van der Waals surface area contributed by atoms with Gasteiger partial charge in [0.25, 0.3) is 5.91 Å². The van der Waals surface area contributed by atoms with Gasteiger partial charge < -0.3 is 5.32 Å². The van der Waals surface area contributed by atoms with E-state index in [1.807, 2.05) is 41.1 Å². The average Bonchev–Trinajstić information content (AvgIpc) is 3.09. The van der Waals surface area contributed by atoms with Crippen molar-refractivity contribution in [2.75, 3.05) is 12.0 Å². The Hall–Kier alpha value is -2.85. The van der Waals surface area contributed by atoms with Crippen LogP contribution in [0.5, 0.6) is 0 Å². The number of fused-ring (bicyclic) bond motifs is 1. The first kappa shape index (κ1) is 17.0. The van der Waals surface area contributed by atoms with Gasteiger partial charge >= 0.3 is 0 Å². The van der Waals surface area contributed by atoms with Gasteiger partial charge in [0.15, 0.2) is 11.5 Å². The molecule has 0 saturated carbocycles. The minimum atomic E-state index is -0.243. The summed E-state index contributed by atoms with van der Waals surface area (Å²) < 4.78 is 1.89. The molecule has 1 atom stereocenters. The maximum absolute atomic E-state index is 12.6. The number of carbonyl (C=O) groups is 1. The first-order valence-electron chi connectivity index (χ1n) is 7.82. The van der Waals surface area contributed by atoms with Crippen LogP contribution >= 0.6 is 11.8 Å². The lowest BCUT2D eigenvalue weighted by molar-refractivity contribution is 0.0934. The molecule has 1 amide bonds. The normalized spacial score (nSPS) is 11.8. The molecule has 25 heavy (non-hydrogen) atoms. The van der Waals surface area contributed by atoms with Crippen LogP contribution in [0.3, 0.4) is 0 Å². The molecule has 7 heteroatoms. The van der Waals surface area contributed by atoms with Gasteiger partial charge in [-0.2, -0.15) is 17.0 Å². The first-order chi connectivity index (χ1) is 12.2. The molecule has 2 heterocycles. The number of hydrogen-bond donors (Lipinski definition) is 1. The van der Waals surface area contributed by atoms with E-state index < -0.39 is 0 Å². The lowest BCUT2D eigenvalue weighted by Crippen LogP contribution is -2.30. The summed E-state index contributed by atoms with van der Waals surface area (Å²) >= 11 is 1.72. The Balaban J connectivity index is 1.85. The fraction of sp³-hybridized carbons (Fsp3) is 0.222. The number of nitrogens with zero attached hydrogens (tertiary/aromatic N) is 4. The van der Waals surface area contributed by atoms with Crippen molar-refractivity contribution in [2.45, 2.75) is 12.5 Å². The van der Waals surface area contributed by atoms with Gasteiger partial charge in [0.2, 0.25) is 0 Å². The van der Waals surface area contributed by atoms with Crippen LogP contribution in [0.2, 0.25) is 0 Å². The topological polar surface area (TPSA) is 83.1 Å². The van der Waals surface area contributed by atoms with Gasteiger partial charge in [-0.1, -0.05) is 6.07 Å². The Morgan fingerprint density at radius 2 is 2.08 bits per heavy atom. The first-order valence-corrected chi connectivity index (χ1v) is 9.22. The van der Waals surface area contributed by atoms with Crippen LogP contribution in [0.1, 0.15) is 34.2 Å². The fourth-order valence-electron chi connectivity index (χ4n) is 2.54. The highest BCUT2D eigenvalue weighted by molar-refractivity contribution is 7.98. The zero-order valence-corrected chi connectivity index (χ0v) is 14.5. The molecular formula is C18H17N5OS. The number of rotatable bonds is 6. The summed E-state index contributed by atoms with van der Waals surface area (Å²) in [5, 5.41) is 20.3. The van der Waals surface area contributed by atoms with E-state index in [-0.39, 0.29) is 11.9 Å². The summed E-state index contributed by atoms with van der Waals surface area (Å²) in [5.74, 6) is 1.41. The molecule has 0 bridgehead atoms. The summed E-state index contributed by atoms with van der Waals surface area (Å²) in [7, 11) is 0. The zero-order chi connectivity index (χ0) is 17.6. The highest BCUT2D eigenvalue weighted by Crippen LogP contribution is 2.19. The third kappa shape index (κ3) is 3.80. The fourth-order valence-corrected chi connectivity index (χ4v) is 3.01. The van der Waals surface area contributed by atoms with E-state index in [1.165, 1.54) is 0 Å². The van der Waals surface area contributed by atoms with E-state index in [2.05, 4.69) is 15.5 Å². The van der Waals surface area contributed by atoms with E-state index in [4.69, 9.17) is 5.26 Å². The lowest BCUT2D eigenvalue weighted by atomic mass is 10.1. The third-order valence-electron chi connectivity index (χ3n) is 3.84. The second-order valence-corrected chi connectivity index (χ2v) is 6.47. The monoisotopic (exact) mass is 351 g/mol. The van der Waals surface area contributed by atoms with Crippen LogP contribution in [0.15, 0.2) is 48.7 Å². The second-order valence-electron chi connectivity index (χ2n) is 5.48. The number of nitriles is 1. The maximum Gasteiger partial charge on any atom is 0.251 e. The van der Waals surface area contributed by atoms with Crippen molar-refractivity contribution < 1.29 is 4.79 Å². The molecule has 126 valence electrons. The Morgan fingerprint density at radius 1 is 1.28 bits per heavy atom. The summed E-state index contributed by atoms with van der Waals surface area (Å²) in [6.45, 7) is 0. The lowest BCUT2D eigenvalue weighted by Gasteiger charge is -2.17. The Morgan fingerprint density at radius 3 is 2.80 bits per heavy atom. The van der Waals surface area contributed by atoms with Gasteiger partial charge in [0.1, 0.15) is 0 Å². The van der Waals surface area contributed by atoms with Crippen LogP contribution < -0.4 is 5.32 Å². The molecule has 3 rings (SSSR count). The largest absolute Gasteiger partial charge is 0.342 e. The number of pyridine rings is 1. The zero-order valence-electron chi connectivity index (χ0n) is 13.7. The van der Waals surface area contributed by atoms with Crippen molar-refractivity contribution in [1.82, 2.24) is 19.9 Å². The molecule has 0 spiro atoms. The average molecular weight is 351 g/mol. The maximum atomic E-state index is 12.6. The van der Waals surface area contributed by atoms with Crippen LogP contribution in [-0.2, 0) is 0 Å². The standard InChI is InChI=1S/C18H17N5OS/c1-25-11-9-15(17-22-21-16-4-2-3-10-23(16)17)20-18(24)14-7-5-13(12-19)6-8-14/h2-8,10,15H,9,11H2,1H3,(H,20,24). The van der Waals surface area contributed by atoms with Crippen molar-refractivity contribution in [3.63, 3.8) is 0 Å². The van der Waals surface area contributed by atoms with Crippen LogP contribution in [0.25, 0.3) is 5.65 Å². The smallest absolute Gasteiger partial charge is 0.251 e. The van der Waals surface area contributed by atoms with Crippen LogP contribution in [0, 0.1) is 11.3 Å². The number of hydrogen-bond acceptors (Lipinski definition) is 5. The van der Waals surface area contributed by atoms with Gasteiger partial charge in [-0.25, -0.2) is 0 Å². The Bertz CT molecular complexity index is 913. The molecule has 6 nitrogen and oxygen atoms in total. The quantitative estimate of drug-likeness (QED) is 0.738. The summed E-state index contributed by atoms with van der Waals surface area (Å²) in [4.78, 5) is 12.6. The predicted molar refractivity (Wildman–Crippen MR) is 97.4 cm³/mol. The van der Waals surface area contributed by atoms with Crippen molar-refractivity contribution in [3.05, 3.63) is 65.6 Å². The van der Waals surface area contributed by atoms with Gasteiger partial charge in [0, 0.05) is 11.8 Å². The number of benzene rings is 1. The number of thioether (sulfide) groups is 1.